The molecule has 5 nitrogen and oxygen atoms in total. The normalized spacial score (nSPS) is 15.7. The van der Waals surface area contributed by atoms with Crippen molar-refractivity contribution in [2.24, 2.45) is 0 Å². The van der Waals surface area contributed by atoms with Crippen LogP contribution in [-0.2, 0) is 6.54 Å². The van der Waals surface area contributed by atoms with E-state index in [-0.39, 0.29) is 5.54 Å². The predicted octanol–water partition coefficient (Wildman–Crippen LogP) is 1.84. The zero-order valence-electron chi connectivity index (χ0n) is 13.0. The summed E-state index contributed by atoms with van der Waals surface area (Å²) in [5, 5.41) is 3.39. The second-order valence-electron chi connectivity index (χ2n) is 6.51. The molecule has 112 valence electrons. The van der Waals surface area contributed by atoms with Gasteiger partial charge < -0.3 is 15.0 Å². The smallest absolute Gasteiger partial charge is 0.232 e. The van der Waals surface area contributed by atoms with E-state index < -0.39 is 0 Å². The Labute approximate surface area is 121 Å². The average molecular weight is 278 g/mol. The number of likely N-dealkylation sites (N-methyl/N-ethyl adjacent to an activating group) is 1. The summed E-state index contributed by atoms with van der Waals surface area (Å²) in [5.41, 5.74) is 1.02. The molecule has 0 spiro atoms. The molecular formula is C15H26N4O. The van der Waals surface area contributed by atoms with Gasteiger partial charge in [-0.15, -0.1) is 0 Å². The monoisotopic (exact) mass is 278 g/mol. The molecule has 1 N–H and O–H groups in total. The van der Waals surface area contributed by atoms with E-state index in [1.54, 1.807) is 12.4 Å². The van der Waals surface area contributed by atoms with Gasteiger partial charge in [-0.3, -0.25) is 4.98 Å². The fraction of sp³-hybridized carbons (Fsp3) is 0.733. The lowest BCUT2D eigenvalue weighted by molar-refractivity contribution is 0.225. The van der Waals surface area contributed by atoms with Crippen LogP contribution in [0.1, 0.15) is 39.3 Å². The summed E-state index contributed by atoms with van der Waals surface area (Å²) < 4.78 is 5.62. The topological polar surface area (TPSA) is 50.3 Å². The molecule has 1 saturated carbocycles. The Kier molecular flexibility index (Phi) is 4.94. The number of hydrogen-bond donors (Lipinski definition) is 1. The molecule has 1 aromatic rings. The minimum Gasteiger partial charge on any atom is -0.475 e. The fourth-order valence-corrected chi connectivity index (χ4v) is 1.86. The lowest BCUT2D eigenvalue weighted by atomic mass is 10.1. The first-order valence-corrected chi connectivity index (χ1v) is 7.33. The maximum absolute atomic E-state index is 5.62. The minimum atomic E-state index is 0.0875. The van der Waals surface area contributed by atoms with Crippen molar-refractivity contribution in [3.8, 4) is 5.88 Å². The molecule has 1 aromatic heterocycles. The van der Waals surface area contributed by atoms with Gasteiger partial charge in [0.1, 0.15) is 6.61 Å². The highest BCUT2D eigenvalue weighted by Gasteiger charge is 2.25. The van der Waals surface area contributed by atoms with Crippen LogP contribution in [0.15, 0.2) is 12.4 Å². The van der Waals surface area contributed by atoms with Crippen LogP contribution in [0.5, 0.6) is 5.88 Å². The molecule has 1 heterocycles. The van der Waals surface area contributed by atoms with Crippen LogP contribution in [0.3, 0.4) is 0 Å². The first kappa shape index (κ1) is 15.2. The van der Waals surface area contributed by atoms with Gasteiger partial charge in [-0.25, -0.2) is 4.98 Å². The summed E-state index contributed by atoms with van der Waals surface area (Å²) in [4.78, 5) is 11.0. The molecule has 1 aliphatic carbocycles. The summed E-state index contributed by atoms with van der Waals surface area (Å²) in [6.07, 6.45) is 6.13. The molecule has 20 heavy (non-hydrogen) atoms. The van der Waals surface area contributed by atoms with E-state index in [0.29, 0.717) is 12.5 Å². The quantitative estimate of drug-likeness (QED) is 0.824. The zero-order chi connectivity index (χ0) is 14.6. The number of rotatable bonds is 7. The molecule has 0 unspecified atom stereocenters. The zero-order valence-corrected chi connectivity index (χ0v) is 13.0. The lowest BCUT2D eigenvalue weighted by Gasteiger charge is -2.20. The van der Waals surface area contributed by atoms with Crippen LogP contribution in [0.25, 0.3) is 0 Å². The number of nitrogens with one attached hydrogen (secondary N) is 1. The third kappa shape index (κ3) is 5.43. The van der Waals surface area contributed by atoms with E-state index in [4.69, 9.17) is 4.74 Å². The van der Waals surface area contributed by atoms with Gasteiger partial charge in [0.15, 0.2) is 0 Å². The van der Waals surface area contributed by atoms with Crippen LogP contribution in [0.2, 0.25) is 0 Å². The predicted molar refractivity (Wildman–Crippen MR) is 79.8 cm³/mol. The summed E-state index contributed by atoms with van der Waals surface area (Å²) in [6.45, 7) is 8.74. The molecule has 2 rings (SSSR count). The Bertz CT molecular complexity index is 409. The molecule has 0 radical (unpaired) electrons. The maximum atomic E-state index is 5.62. The van der Waals surface area contributed by atoms with Crippen molar-refractivity contribution in [2.45, 2.75) is 51.7 Å². The summed E-state index contributed by atoms with van der Waals surface area (Å²) >= 11 is 0. The lowest BCUT2D eigenvalue weighted by Crippen LogP contribution is -2.35. The highest BCUT2D eigenvalue weighted by Crippen LogP contribution is 2.24. The molecule has 1 fully saturated rings. The largest absolute Gasteiger partial charge is 0.475 e. The van der Waals surface area contributed by atoms with Crippen molar-refractivity contribution in [1.82, 2.24) is 20.2 Å². The van der Waals surface area contributed by atoms with Crippen molar-refractivity contribution in [3.05, 3.63) is 18.1 Å². The second kappa shape index (κ2) is 6.50. The first-order valence-electron chi connectivity index (χ1n) is 7.33. The molecule has 0 saturated heterocycles. The number of ether oxygens (including phenoxy) is 1. The standard InChI is InChI=1S/C15H26N4O/c1-15(2,3)18-10-12-9-17-14(11-16-12)20-8-7-19(4)13-5-6-13/h9,11,13,18H,5-8,10H2,1-4H3. The first-order chi connectivity index (χ1) is 9.44. The Morgan fingerprint density at radius 2 is 2.05 bits per heavy atom. The van der Waals surface area contributed by atoms with Crippen LogP contribution in [-0.4, -0.2) is 46.6 Å². The van der Waals surface area contributed by atoms with Crippen LogP contribution in [0.4, 0.5) is 0 Å². The van der Waals surface area contributed by atoms with E-state index in [1.165, 1.54) is 12.8 Å². The van der Waals surface area contributed by atoms with Gasteiger partial charge in [-0.1, -0.05) is 0 Å². The number of nitrogens with zero attached hydrogens (tertiary/aromatic N) is 3. The third-order valence-corrected chi connectivity index (χ3v) is 3.35. The van der Waals surface area contributed by atoms with Gasteiger partial charge in [0.25, 0.3) is 0 Å². The second-order valence-corrected chi connectivity index (χ2v) is 6.51. The third-order valence-electron chi connectivity index (χ3n) is 3.35. The minimum absolute atomic E-state index is 0.0875. The van der Waals surface area contributed by atoms with Crippen molar-refractivity contribution < 1.29 is 4.74 Å². The summed E-state index contributed by atoms with van der Waals surface area (Å²) in [7, 11) is 2.15. The van der Waals surface area contributed by atoms with Crippen LogP contribution in [0, 0.1) is 0 Å². The highest BCUT2D eigenvalue weighted by atomic mass is 16.5. The maximum Gasteiger partial charge on any atom is 0.232 e. The molecule has 5 heteroatoms. The van der Waals surface area contributed by atoms with Gasteiger partial charge >= 0.3 is 0 Å². The molecule has 0 amide bonds. The number of hydrogen-bond acceptors (Lipinski definition) is 5. The fourth-order valence-electron chi connectivity index (χ4n) is 1.86. The van der Waals surface area contributed by atoms with Crippen molar-refractivity contribution in [2.75, 3.05) is 20.2 Å². The van der Waals surface area contributed by atoms with Crippen LogP contribution < -0.4 is 10.1 Å². The van der Waals surface area contributed by atoms with Gasteiger partial charge in [0, 0.05) is 24.7 Å². The Hall–Kier alpha value is -1.20. The van der Waals surface area contributed by atoms with Gasteiger partial charge in [-0.05, 0) is 40.7 Å². The van der Waals surface area contributed by atoms with E-state index in [0.717, 1.165) is 24.8 Å². The van der Waals surface area contributed by atoms with E-state index >= 15 is 0 Å². The Morgan fingerprint density at radius 3 is 2.60 bits per heavy atom. The van der Waals surface area contributed by atoms with E-state index in [1.807, 2.05) is 0 Å². The highest BCUT2D eigenvalue weighted by molar-refractivity contribution is 5.07. The van der Waals surface area contributed by atoms with Crippen molar-refractivity contribution in [1.29, 1.82) is 0 Å². The van der Waals surface area contributed by atoms with Gasteiger partial charge in [0.2, 0.25) is 5.88 Å². The number of aromatic nitrogens is 2. The van der Waals surface area contributed by atoms with Crippen molar-refractivity contribution in [3.63, 3.8) is 0 Å². The van der Waals surface area contributed by atoms with Gasteiger partial charge in [-0.2, -0.15) is 0 Å². The van der Waals surface area contributed by atoms with E-state index in [9.17, 15) is 0 Å². The molecule has 0 atom stereocenters. The molecule has 0 aromatic carbocycles. The Morgan fingerprint density at radius 1 is 1.30 bits per heavy atom. The summed E-state index contributed by atoms with van der Waals surface area (Å²) in [5.74, 6) is 0.605. The van der Waals surface area contributed by atoms with E-state index in [2.05, 4.69) is 48.0 Å². The molecule has 0 aliphatic heterocycles. The Balaban J connectivity index is 1.70. The van der Waals surface area contributed by atoms with Gasteiger partial charge in [0.05, 0.1) is 18.1 Å². The molecule has 0 bridgehead atoms. The van der Waals surface area contributed by atoms with Crippen molar-refractivity contribution >= 4 is 0 Å². The molecule has 1 aliphatic rings. The SMILES string of the molecule is CN(CCOc1cnc(CNC(C)(C)C)cn1)C1CC1. The summed E-state index contributed by atoms with van der Waals surface area (Å²) in [6, 6.07) is 0.774. The molecular weight excluding hydrogens is 252 g/mol. The average Bonchev–Trinajstić information content (AvgIpc) is 3.21. The van der Waals surface area contributed by atoms with Crippen LogP contribution >= 0.6 is 0 Å².